The topological polar surface area (TPSA) is 41.6 Å². The molecule has 0 bridgehead atoms. The van der Waals surface area contributed by atoms with Crippen LogP contribution in [0.3, 0.4) is 0 Å². The van der Waals surface area contributed by atoms with Crippen LogP contribution in [-0.2, 0) is 4.74 Å². The molecule has 0 aromatic carbocycles. The Morgan fingerprint density at radius 2 is 2.06 bits per heavy atom. The molecule has 4 heteroatoms. The molecular weight excluding hydrogens is 216 g/mol. The maximum atomic E-state index is 12.1. The first-order valence-electron chi connectivity index (χ1n) is 6.70. The van der Waals surface area contributed by atoms with Crippen molar-refractivity contribution in [2.75, 3.05) is 13.1 Å². The van der Waals surface area contributed by atoms with E-state index in [1.807, 2.05) is 25.7 Å². The van der Waals surface area contributed by atoms with Crippen molar-refractivity contribution >= 4 is 6.09 Å². The van der Waals surface area contributed by atoms with Crippen molar-refractivity contribution < 1.29 is 9.53 Å². The summed E-state index contributed by atoms with van der Waals surface area (Å²) in [6.07, 6.45) is 4.38. The molecule has 17 heavy (non-hydrogen) atoms. The first kappa shape index (κ1) is 12.7. The first-order valence-corrected chi connectivity index (χ1v) is 6.70. The molecule has 2 saturated heterocycles. The number of amides is 1. The molecule has 0 spiro atoms. The molecule has 2 atom stereocenters. The fourth-order valence-electron chi connectivity index (χ4n) is 2.80. The van der Waals surface area contributed by atoms with Crippen LogP contribution in [0, 0.1) is 0 Å². The average Bonchev–Trinajstić information content (AvgIpc) is 2.26. The third-order valence-electron chi connectivity index (χ3n) is 3.49. The van der Waals surface area contributed by atoms with Gasteiger partial charge in [0.1, 0.15) is 5.60 Å². The molecule has 0 aromatic rings. The summed E-state index contributed by atoms with van der Waals surface area (Å²) in [5, 5.41) is 3.52. The molecule has 2 aliphatic heterocycles. The molecule has 0 aliphatic carbocycles. The van der Waals surface area contributed by atoms with Gasteiger partial charge in [0.25, 0.3) is 0 Å². The van der Waals surface area contributed by atoms with Crippen LogP contribution >= 0.6 is 0 Å². The van der Waals surface area contributed by atoms with Crippen LogP contribution in [0.15, 0.2) is 0 Å². The number of rotatable bonds is 0. The Bertz CT molecular complexity index is 284. The largest absolute Gasteiger partial charge is 0.444 e. The third-order valence-corrected chi connectivity index (χ3v) is 3.49. The Kier molecular flexibility index (Phi) is 3.61. The molecule has 98 valence electrons. The van der Waals surface area contributed by atoms with Crippen LogP contribution in [0.25, 0.3) is 0 Å². The van der Waals surface area contributed by atoms with Gasteiger partial charge in [-0.2, -0.15) is 0 Å². The van der Waals surface area contributed by atoms with E-state index in [1.165, 1.54) is 6.42 Å². The Balaban J connectivity index is 2.01. The lowest BCUT2D eigenvalue weighted by Crippen LogP contribution is -2.59. The minimum Gasteiger partial charge on any atom is -0.444 e. The highest BCUT2D eigenvalue weighted by molar-refractivity contribution is 5.68. The molecule has 1 amide bonds. The van der Waals surface area contributed by atoms with E-state index in [2.05, 4.69) is 5.32 Å². The van der Waals surface area contributed by atoms with Crippen LogP contribution < -0.4 is 5.32 Å². The van der Waals surface area contributed by atoms with E-state index in [0.29, 0.717) is 12.1 Å². The predicted molar refractivity (Wildman–Crippen MR) is 67.0 cm³/mol. The zero-order chi connectivity index (χ0) is 12.5. The fourth-order valence-corrected chi connectivity index (χ4v) is 2.80. The van der Waals surface area contributed by atoms with Crippen LogP contribution in [-0.4, -0.2) is 41.8 Å². The van der Waals surface area contributed by atoms with Crippen molar-refractivity contribution in [2.24, 2.45) is 0 Å². The van der Waals surface area contributed by atoms with Gasteiger partial charge in [-0.1, -0.05) is 0 Å². The molecular formula is C13H24N2O2. The van der Waals surface area contributed by atoms with Gasteiger partial charge in [0.2, 0.25) is 0 Å². The van der Waals surface area contributed by atoms with Crippen molar-refractivity contribution in [1.82, 2.24) is 10.2 Å². The lowest BCUT2D eigenvalue weighted by molar-refractivity contribution is -0.000231. The van der Waals surface area contributed by atoms with Gasteiger partial charge in [0.05, 0.1) is 6.04 Å². The summed E-state index contributed by atoms with van der Waals surface area (Å²) >= 11 is 0. The molecule has 2 fully saturated rings. The molecule has 2 aliphatic rings. The number of carbonyl (C=O) groups excluding carboxylic acids is 1. The third kappa shape index (κ3) is 3.12. The van der Waals surface area contributed by atoms with Crippen molar-refractivity contribution in [3.8, 4) is 0 Å². The van der Waals surface area contributed by atoms with E-state index in [9.17, 15) is 4.79 Å². The van der Waals surface area contributed by atoms with Gasteiger partial charge in [-0.3, -0.25) is 0 Å². The van der Waals surface area contributed by atoms with Crippen LogP contribution in [0.4, 0.5) is 4.79 Å². The van der Waals surface area contributed by atoms with Crippen molar-refractivity contribution in [3.63, 3.8) is 0 Å². The van der Waals surface area contributed by atoms with Crippen LogP contribution in [0.2, 0.25) is 0 Å². The van der Waals surface area contributed by atoms with E-state index < -0.39 is 5.60 Å². The predicted octanol–water partition coefficient (Wildman–Crippen LogP) is 2.14. The van der Waals surface area contributed by atoms with Gasteiger partial charge in [0.15, 0.2) is 0 Å². The molecule has 0 aromatic heterocycles. The number of hydrogen-bond acceptors (Lipinski definition) is 3. The lowest BCUT2D eigenvalue weighted by atomic mass is 9.90. The SMILES string of the molecule is CC(C)(C)OC(=O)N1CCC[C@@H]2NCCC[C@H]21. The quantitative estimate of drug-likeness (QED) is 0.705. The second-order valence-electron chi connectivity index (χ2n) is 6.09. The summed E-state index contributed by atoms with van der Waals surface area (Å²) in [5.41, 5.74) is -0.397. The van der Waals surface area contributed by atoms with Crippen molar-refractivity contribution in [1.29, 1.82) is 0 Å². The zero-order valence-corrected chi connectivity index (χ0v) is 11.2. The summed E-state index contributed by atoms with van der Waals surface area (Å²) in [6.45, 7) is 7.70. The average molecular weight is 240 g/mol. The highest BCUT2D eigenvalue weighted by Gasteiger charge is 2.37. The number of ether oxygens (including phenoxy) is 1. The van der Waals surface area contributed by atoms with Gasteiger partial charge in [0, 0.05) is 12.6 Å². The summed E-state index contributed by atoms with van der Waals surface area (Å²) < 4.78 is 5.49. The lowest BCUT2D eigenvalue weighted by Gasteiger charge is -2.44. The Hall–Kier alpha value is -0.770. The Morgan fingerprint density at radius 3 is 2.76 bits per heavy atom. The standard InChI is InChI=1S/C13H24N2O2/c1-13(2,3)17-12(16)15-9-5-6-10-11(15)7-4-8-14-10/h10-11,14H,4-9H2,1-3H3/t10-,11+/m0/s1. The second kappa shape index (κ2) is 4.84. The van der Waals surface area contributed by atoms with Crippen molar-refractivity contribution in [2.45, 2.75) is 64.1 Å². The van der Waals surface area contributed by atoms with E-state index in [0.717, 1.165) is 32.4 Å². The maximum Gasteiger partial charge on any atom is 0.410 e. The molecule has 0 radical (unpaired) electrons. The van der Waals surface area contributed by atoms with E-state index >= 15 is 0 Å². The number of nitrogens with one attached hydrogen (secondary N) is 1. The Morgan fingerprint density at radius 1 is 1.29 bits per heavy atom. The van der Waals surface area contributed by atoms with E-state index in [-0.39, 0.29) is 6.09 Å². The number of carbonyl (C=O) groups is 1. The minimum absolute atomic E-state index is 0.143. The number of likely N-dealkylation sites (tertiary alicyclic amines) is 1. The van der Waals surface area contributed by atoms with Crippen LogP contribution in [0.1, 0.15) is 46.5 Å². The Labute approximate surface area is 104 Å². The van der Waals surface area contributed by atoms with Crippen LogP contribution in [0.5, 0.6) is 0 Å². The van der Waals surface area contributed by atoms with Crippen molar-refractivity contribution in [3.05, 3.63) is 0 Å². The molecule has 0 saturated carbocycles. The van der Waals surface area contributed by atoms with Gasteiger partial charge < -0.3 is 15.0 Å². The maximum absolute atomic E-state index is 12.1. The highest BCUT2D eigenvalue weighted by Crippen LogP contribution is 2.26. The molecule has 1 N–H and O–H groups in total. The minimum atomic E-state index is -0.397. The van der Waals surface area contributed by atoms with Gasteiger partial charge in [-0.15, -0.1) is 0 Å². The monoisotopic (exact) mass is 240 g/mol. The van der Waals surface area contributed by atoms with Gasteiger partial charge in [-0.25, -0.2) is 4.79 Å². The fraction of sp³-hybridized carbons (Fsp3) is 0.923. The molecule has 0 unspecified atom stereocenters. The summed E-state index contributed by atoms with van der Waals surface area (Å²) in [5.74, 6) is 0. The first-order chi connectivity index (χ1) is 7.97. The van der Waals surface area contributed by atoms with Gasteiger partial charge >= 0.3 is 6.09 Å². The summed E-state index contributed by atoms with van der Waals surface area (Å²) in [6, 6.07) is 0.817. The summed E-state index contributed by atoms with van der Waals surface area (Å²) in [4.78, 5) is 14.1. The zero-order valence-electron chi connectivity index (χ0n) is 11.2. The number of nitrogens with zero attached hydrogens (tertiary/aromatic N) is 1. The van der Waals surface area contributed by atoms with E-state index in [1.54, 1.807) is 0 Å². The second-order valence-corrected chi connectivity index (χ2v) is 6.09. The molecule has 2 rings (SSSR count). The normalized spacial score (nSPS) is 29.7. The molecule has 2 heterocycles. The summed E-state index contributed by atoms with van der Waals surface area (Å²) in [7, 11) is 0. The molecule has 4 nitrogen and oxygen atoms in total. The highest BCUT2D eigenvalue weighted by atomic mass is 16.6. The number of hydrogen-bond donors (Lipinski definition) is 1. The number of piperidine rings is 2. The van der Waals surface area contributed by atoms with Gasteiger partial charge in [-0.05, 0) is 53.0 Å². The number of fused-ring (bicyclic) bond motifs is 1. The smallest absolute Gasteiger partial charge is 0.410 e. The van der Waals surface area contributed by atoms with E-state index in [4.69, 9.17) is 4.74 Å².